The molecule has 2 aromatic heterocycles. The number of piperidine rings is 1. The summed E-state index contributed by atoms with van der Waals surface area (Å²) in [7, 11) is 0. The van der Waals surface area contributed by atoms with Crippen molar-refractivity contribution >= 4 is 35.3 Å². The van der Waals surface area contributed by atoms with Crippen molar-refractivity contribution < 1.29 is 19.5 Å². The van der Waals surface area contributed by atoms with Gasteiger partial charge in [-0.3, -0.25) is 19.4 Å². The fourth-order valence-electron chi connectivity index (χ4n) is 3.60. The molecule has 2 amide bonds. The second kappa shape index (κ2) is 8.26. The first-order valence-electron chi connectivity index (χ1n) is 8.52. The summed E-state index contributed by atoms with van der Waals surface area (Å²) in [6.45, 7) is 3.13. The number of aromatic nitrogens is 2. The van der Waals surface area contributed by atoms with Crippen molar-refractivity contribution in [2.75, 3.05) is 18.4 Å². The quantitative estimate of drug-likeness (QED) is 0.774. The number of hydrogen-bond donors (Lipinski definition) is 2. The fraction of sp³-hybridized carbons (Fsp3) is 0.389. The number of carboxylic acid groups (broad SMARTS) is 1. The Morgan fingerprint density at radius 1 is 1.41 bits per heavy atom. The molecule has 2 aliphatic rings. The average molecular weight is 388 g/mol. The van der Waals surface area contributed by atoms with Crippen molar-refractivity contribution in [1.29, 1.82) is 0 Å². The number of carbonyl (C=O) groups excluding carboxylic acids is 2. The van der Waals surface area contributed by atoms with E-state index in [1.807, 2.05) is 23.3 Å². The van der Waals surface area contributed by atoms with Crippen LogP contribution in [0.5, 0.6) is 0 Å². The first-order valence-corrected chi connectivity index (χ1v) is 9.40. The highest BCUT2D eigenvalue weighted by atomic mass is 32.1. The molecule has 9 heteroatoms. The number of rotatable bonds is 4. The molecule has 2 aromatic rings. The highest BCUT2D eigenvalue weighted by Crippen LogP contribution is 2.53. The van der Waals surface area contributed by atoms with E-state index >= 15 is 0 Å². The third kappa shape index (κ3) is 4.48. The Morgan fingerprint density at radius 2 is 2.11 bits per heavy atom. The first kappa shape index (κ1) is 19.0. The molecule has 8 nitrogen and oxygen atoms in total. The highest BCUT2D eigenvalue weighted by Gasteiger charge is 2.57. The van der Waals surface area contributed by atoms with E-state index in [2.05, 4.69) is 15.3 Å². The van der Waals surface area contributed by atoms with E-state index in [9.17, 15) is 9.59 Å². The van der Waals surface area contributed by atoms with E-state index in [0.717, 1.165) is 23.8 Å². The van der Waals surface area contributed by atoms with Crippen molar-refractivity contribution in [3.63, 3.8) is 0 Å². The number of carbonyl (C=O) groups is 3. The van der Waals surface area contributed by atoms with Crippen LogP contribution in [-0.2, 0) is 9.59 Å². The summed E-state index contributed by atoms with van der Waals surface area (Å²) in [6, 6.07) is 3.63. The summed E-state index contributed by atoms with van der Waals surface area (Å²) in [6.07, 6.45) is 3.83. The van der Waals surface area contributed by atoms with Gasteiger partial charge in [-0.2, -0.15) is 0 Å². The van der Waals surface area contributed by atoms with E-state index in [1.54, 1.807) is 18.5 Å². The molecule has 142 valence electrons. The van der Waals surface area contributed by atoms with Gasteiger partial charge in [0.05, 0.1) is 16.9 Å². The molecule has 3 atom stereocenters. The number of anilines is 1. The minimum Gasteiger partial charge on any atom is -0.483 e. The third-order valence-corrected chi connectivity index (χ3v) is 5.64. The average Bonchev–Trinajstić information content (AvgIpc) is 3.02. The number of nitrogens with zero attached hydrogens (tertiary/aromatic N) is 3. The van der Waals surface area contributed by atoms with Gasteiger partial charge in [0, 0.05) is 31.1 Å². The molecule has 27 heavy (non-hydrogen) atoms. The highest BCUT2D eigenvalue weighted by molar-refractivity contribution is 7.09. The molecule has 1 saturated carbocycles. The van der Waals surface area contributed by atoms with Gasteiger partial charge in [0.2, 0.25) is 5.91 Å². The van der Waals surface area contributed by atoms with Gasteiger partial charge in [-0.1, -0.05) is 0 Å². The number of fused-ring (bicyclic) bond motifs is 1. The van der Waals surface area contributed by atoms with E-state index in [1.165, 1.54) is 11.3 Å². The molecule has 1 aliphatic heterocycles. The molecular formula is C18H20N4O4S. The lowest BCUT2D eigenvalue weighted by Crippen LogP contribution is -2.32. The lowest BCUT2D eigenvalue weighted by molar-refractivity contribution is -0.123. The normalized spacial score (nSPS) is 22.3. The molecule has 4 rings (SSSR count). The molecule has 1 unspecified atom stereocenters. The molecule has 0 aromatic carbocycles. The topological polar surface area (TPSA) is 112 Å². The van der Waals surface area contributed by atoms with E-state index in [0.29, 0.717) is 29.9 Å². The Hall–Kier alpha value is -2.81. The van der Waals surface area contributed by atoms with Crippen LogP contribution in [0.15, 0.2) is 29.9 Å². The summed E-state index contributed by atoms with van der Waals surface area (Å²) >= 11 is 1.50. The monoisotopic (exact) mass is 388 g/mol. The van der Waals surface area contributed by atoms with Gasteiger partial charge in [-0.05, 0) is 36.8 Å². The number of thiazole rings is 1. The van der Waals surface area contributed by atoms with Crippen LogP contribution in [0.2, 0.25) is 0 Å². The van der Waals surface area contributed by atoms with Crippen LogP contribution in [0.3, 0.4) is 0 Å². The van der Waals surface area contributed by atoms with E-state index in [4.69, 9.17) is 9.90 Å². The molecule has 3 heterocycles. The largest absolute Gasteiger partial charge is 0.483 e. The molecule has 1 aliphatic carbocycles. The van der Waals surface area contributed by atoms with E-state index < -0.39 is 0 Å². The van der Waals surface area contributed by atoms with Gasteiger partial charge in [-0.15, -0.1) is 11.3 Å². The first-order chi connectivity index (χ1) is 13.0. The third-order valence-electron chi connectivity index (χ3n) is 4.86. The van der Waals surface area contributed by atoms with Crippen molar-refractivity contribution in [2.24, 2.45) is 17.8 Å². The number of pyridine rings is 1. The van der Waals surface area contributed by atoms with Crippen molar-refractivity contribution in [2.45, 2.75) is 13.3 Å². The summed E-state index contributed by atoms with van der Waals surface area (Å²) in [5.74, 6) is 1.34. The van der Waals surface area contributed by atoms with Crippen molar-refractivity contribution in [3.05, 3.63) is 40.6 Å². The summed E-state index contributed by atoms with van der Waals surface area (Å²) < 4.78 is 0. The van der Waals surface area contributed by atoms with Gasteiger partial charge in [-0.25, -0.2) is 4.98 Å². The Morgan fingerprint density at radius 3 is 2.67 bits per heavy atom. The number of nitrogens with one attached hydrogen (secondary N) is 1. The Bertz CT molecular complexity index is 814. The van der Waals surface area contributed by atoms with Crippen LogP contribution < -0.4 is 5.32 Å². The zero-order valence-corrected chi connectivity index (χ0v) is 15.6. The van der Waals surface area contributed by atoms with Gasteiger partial charge >= 0.3 is 0 Å². The van der Waals surface area contributed by atoms with Gasteiger partial charge in [0.1, 0.15) is 5.69 Å². The minimum atomic E-state index is -0.250. The zero-order valence-electron chi connectivity index (χ0n) is 14.7. The minimum absolute atomic E-state index is 0.0186. The maximum Gasteiger partial charge on any atom is 0.290 e. The predicted octanol–water partition coefficient (Wildman–Crippen LogP) is 1.89. The molecule has 2 N–H and O–H groups in total. The van der Waals surface area contributed by atoms with Crippen LogP contribution >= 0.6 is 11.3 Å². The van der Waals surface area contributed by atoms with Gasteiger partial charge in [0.25, 0.3) is 12.4 Å². The number of hydrogen-bond acceptors (Lipinski definition) is 6. The molecule has 1 saturated heterocycles. The maximum absolute atomic E-state index is 12.4. The van der Waals surface area contributed by atoms with E-state index in [-0.39, 0.29) is 18.3 Å². The molecule has 2 fully saturated rings. The van der Waals surface area contributed by atoms with Crippen LogP contribution in [0.25, 0.3) is 0 Å². The second-order valence-corrected chi connectivity index (χ2v) is 7.62. The number of amides is 2. The second-order valence-electron chi connectivity index (χ2n) is 6.55. The fourth-order valence-corrected chi connectivity index (χ4v) is 4.19. The molecular weight excluding hydrogens is 368 g/mol. The predicted molar refractivity (Wildman–Crippen MR) is 99.4 cm³/mol. The Balaban J connectivity index is 0.000000659. The number of aryl methyl sites for hydroxylation is 1. The summed E-state index contributed by atoms with van der Waals surface area (Å²) in [5.41, 5.74) is 1.27. The summed E-state index contributed by atoms with van der Waals surface area (Å²) in [4.78, 5) is 43.0. The summed E-state index contributed by atoms with van der Waals surface area (Å²) in [5, 5.41) is 12.5. The lowest BCUT2D eigenvalue weighted by atomic mass is 10.2. The SMILES string of the molecule is Cc1nc(C(=O)N2C[C@@H]3C(CC(=O)Nc4cccnc4)[C@@H]3C2)cs1.O=CO. The zero-order chi connectivity index (χ0) is 19.4. The molecule has 0 bridgehead atoms. The Labute approximate surface area is 160 Å². The smallest absolute Gasteiger partial charge is 0.290 e. The lowest BCUT2D eigenvalue weighted by Gasteiger charge is -2.18. The molecule has 0 spiro atoms. The van der Waals surface area contributed by atoms with Crippen LogP contribution in [0.4, 0.5) is 5.69 Å². The number of likely N-dealkylation sites (tertiary alicyclic amines) is 1. The van der Waals surface area contributed by atoms with Gasteiger partial charge < -0.3 is 15.3 Å². The standard InChI is InChI=1S/C17H18N4O2S.CH2O2/c1-10-19-15(9-24-10)17(23)21-7-13-12(14(13)8-21)5-16(22)20-11-3-2-4-18-6-11;2-1-3/h2-4,6,9,12-14H,5,7-8H2,1H3,(H,20,22);1H,(H,2,3)/t12?,13-,14+;. The Kier molecular flexibility index (Phi) is 5.80. The maximum atomic E-state index is 12.4. The van der Waals surface area contributed by atoms with Crippen LogP contribution in [0.1, 0.15) is 21.9 Å². The van der Waals surface area contributed by atoms with Crippen molar-refractivity contribution in [1.82, 2.24) is 14.9 Å². The van der Waals surface area contributed by atoms with Crippen LogP contribution in [-0.4, -0.2) is 51.4 Å². The van der Waals surface area contributed by atoms with Crippen molar-refractivity contribution in [3.8, 4) is 0 Å². The van der Waals surface area contributed by atoms with Crippen LogP contribution in [0, 0.1) is 24.7 Å². The van der Waals surface area contributed by atoms with Gasteiger partial charge in [0.15, 0.2) is 0 Å². The molecule has 0 radical (unpaired) electrons.